The van der Waals surface area contributed by atoms with Gasteiger partial charge in [0.05, 0.1) is 6.20 Å². The first-order chi connectivity index (χ1) is 5.77. The second kappa shape index (κ2) is 2.45. The minimum absolute atomic E-state index is 0.245. The standard InChI is InChI=1S/C5H2N4O2S/c10-12(11)5-8-3-1-6-2-7-4(3)9-5/h1-2H. The first kappa shape index (κ1) is 7.04. The van der Waals surface area contributed by atoms with Crippen molar-refractivity contribution in [3.05, 3.63) is 23.4 Å². The molecule has 0 spiro atoms. The highest BCUT2D eigenvalue weighted by molar-refractivity contribution is 7.72. The van der Waals surface area contributed by atoms with Crippen molar-refractivity contribution in [3.8, 4) is 0 Å². The monoisotopic (exact) mass is 182 g/mol. The van der Waals surface area contributed by atoms with Gasteiger partial charge in [0.15, 0.2) is 5.49 Å². The highest BCUT2D eigenvalue weighted by Crippen LogP contribution is 1.79. The fourth-order valence-corrected chi connectivity index (χ4v) is 1.11. The molecule has 6 nitrogen and oxygen atoms in total. The molecule has 1 aliphatic rings. The van der Waals surface area contributed by atoms with Crippen molar-refractivity contribution >= 4 is 15.4 Å². The van der Waals surface area contributed by atoms with Gasteiger partial charge in [-0.1, -0.05) is 0 Å². The van der Waals surface area contributed by atoms with Crippen molar-refractivity contribution in [2.24, 2.45) is 9.98 Å². The quantitative estimate of drug-likeness (QED) is 0.422. The van der Waals surface area contributed by atoms with Gasteiger partial charge in [0.1, 0.15) is 11.7 Å². The predicted octanol–water partition coefficient (Wildman–Crippen LogP) is -2.30. The third-order valence-corrected chi connectivity index (χ3v) is 1.72. The number of fused-ring (bicyclic) bond motifs is 1. The summed E-state index contributed by atoms with van der Waals surface area (Å²) in [6, 6.07) is 0. The maximum Gasteiger partial charge on any atom is 0.278 e. The van der Waals surface area contributed by atoms with E-state index in [2.05, 4.69) is 20.0 Å². The molecule has 0 saturated carbocycles. The molecule has 0 aliphatic carbocycles. The molecule has 60 valence electrons. The summed E-state index contributed by atoms with van der Waals surface area (Å²) in [4.78, 5) is 14.7. The van der Waals surface area contributed by atoms with Crippen LogP contribution in [0.2, 0.25) is 0 Å². The SMILES string of the molecule is O=S(=O)=C1N=c2cncnc2=N1. The average molecular weight is 182 g/mol. The summed E-state index contributed by atoms with van der Waals surface area (Å²) >= 11 is 0. The molecule has 0 bridgehead atoms. The molecule has 0 saturated heterocycles. The van der Waals surface area contributed by atoms with Crippen LogP contribution in [0.4, 0.5) is 0 Å². The fraction of sp³-hybridized carbons (Fsp3) is 0. The summed E-state index contributed by atoms with van der Waals surface area (Å²) in [5.41, 5.74) is 0.296. The van der Waals surface area contributed by atoms with Gasteiger partial charge in [0, 0.05) is 0 Å². The van der Waals surface area contributed by atoms with Gasteiger partial charge in [-0.2, -0.15) is 13.4 Å². The number of rotatable bonds is 0. The van der Waals surface area contributed by atoms with Gasteiger partial charge in [0.2, 0.25) is 0 Å². The Morgan fingerprint density at radius 2 is 2.08 bits per heavy atom. The largest absolute Gasteiger partial charge is 0.278 e. The van der Waals surface area contributed by atoms with Crippen molar-refractivity contribution in [2.75, 3.05) is 0 Å². The van der Waals surface area contributed by atoms with Crippen molar-refractivity contribution < 1.29 is 8.42 Å². The van der Waals surface area contributed by atoms with Crippen LogP contribution in [0.1, 0.15) is 0 Å². The van der Waals surface area contributed by atoms with E-state index in [1.807, 2.05) is 0 Å². The van der Waals surface area contributed by atoms with Crippen molar-refractivity contribution in [1.29, 1.82) is 0 Å². The van der Waals surface area contributed by atoms with E-state index >= 15 is 0 Å². The third-order valence-electron chi connectivity index (χ3n) is 1.24. The molecule has 0 unspecified atom stereocenters. The topological polar surface area (TPSA) is 84.6 Å². The Morgan fingerprint density at radius 1 is 1.25 bits per heavy atom. The lowest BCUT2D eigenvalue weighted by Gasteiger charge is -1.74. The van der Waals surface area contributed by atoms with Crippen molar-refractivity contribution in [1.82, 2.24) is 9.97 Å². The summed E-state index contributed by atoms with van der Waals surface area (Å²) < 4.78 is 20.8. The van der Waals surface area contributed by atoms with Crippen LogP contribution in [0.5, 0.6) is 0 Å². The van der Waals surface area contributed by atoms with Gasteiger partial charge in [-0.15, -0.1) is 0 Å². The van der Waals surface area contributed by atoms with Gasteiger partial charge in [-0.05, 0) is 0 Å². The maximum absolute atomic E-state index is 10.4. The third kappa shape index (κ3) is 0.996. The first-order valence-corrected chi connectivity index (χ1v) is 4.04. The molecule has 2 heterocycles. The van der Waals surface area contributed by atoms with Gasteiger partial charge < -0.3 is 0 Å². The molecular weight excluding hydrogens is 180 g/mol. The molecule has 1 aromatic rings. The predicted molar refractivity (Wildman–Crippen MR) is 38.3 cm³/mol. The molecule has 0 amide bonds. The summed E-state index contributed by atoms with van der Waals surface area (Å²) in [6.45, 7) is 0. The summed E-state index contributed by atoms with van der Waals surface area (Å²) in [6.07, 6.45) is 2.69. The van der Waals surface area contributed by atoms with Crippen molar-refractivity contribution in [2.45, 2.75) is 0 Å². The Labute approximate surface area is 67.9 Å². The molecule has 1 aromatic heterocycles. The molecule has 1 aliphatic heterocycles. The van der Waals surface area contributed by atoms with Gasteiger partial charge in [-0.3, -0.25) is 0 Å². The Morgan fingerprint density at radius 3 is 2.75 bits per heavy atom. The highest BCUT2D eigenvalue weighted by atomic mass is 32.2. The minimum atomic E-state index is -2.40. The van der Waals surface area contributed by atoms with Crippen LogP contribution in [0.3, 0.4) is 0 Å². The second-order valence-corrected chi connectivity index (χ2v) is 2.81. The molecule has 0 N–H and O–H groups in total. The number of hydrogen-bond acceptors (Lipinski definition) is 4. The summed E-state index contributed by atoms with van der Waals surface area (Å²) in [7, 11) is -2.40. The zero-order chi connectivity index (χ0) is 8.55. The van der Waals surface area contributed by atoms with E-state index in [-0.39, 0.29) is 5.11 Å². The molecular formula is C5H2N4O2S. The lowest BCUT2D eigenvalue weighted by molar-refractivity contribution is 0.626. The molecule has 0 radical (unpaired) electrons. The van der Waals surface area contributed by atoms with Crippen LogP contribution in [-0.4, -0.2) is 23.5 Å². The lowest BCUT2D eigenvalue weighted by Crippen LogP contribution is -2.25. The van der Waals surface area contributed by atoms with E-state index in [0.29, 0.717) is 10.8 Å². The van der Waals surface area contributed by atoms with E-state index in [9.17, 15) is 8.42 Å². The summed E-state index contributed by atoms with van der Waals surface area (Å²) in [5, 5.41) is 0.141. The Kier molecular flexibility index (Phi) is 1.44. The normalized spacial score (nSPS) is 13.2. The van der Waals surface area contributed by atoms with Crippen LogP contribution in [0.15, 0.2) is 22.5 Å². The molecule has 0 fully saturated rings. The van der Waals surface area contributed by atoms with Gasteiger partial charge in [0.25, 0.3) is 15.4 Å². The number of aromatic nitrogens is 2. The Bertz CT molecular complexity index is 529. The zero-order valence-corrected chi connectivity index (χ0v) is 6.48. The van der Waals surface area contributed by atoms with Crippen LogP contribution < -0.4 is 10.8 Å². The lowest BCUT2D eigenvalue weighted by atomic mass is 10.6. The summed E-state index contributed by atoms with van der Waals surface area (Å²) in [5.74, 6) is 0. The smallest absolute Gasteiger partial charge is 0.242 e. The molecule has 7 heteroatoms. The highest BCUT2D eigenvalue weighted by Gasteiger charge is 2.04. The first-order valence-electron chi connectivity index (χ1n) is 2.97. The second-order valence-electron chi connectivity index (χ2n) is 1.97. The van der Waals surface area contributed by atoms with Crippen molar-refractivity contribution in [3.63, 3.8) is 0 Å². The Balaban J connectivity index is 2.95. The van der Waals surface area contributed by atoms with E-state index in [0.717, 1.165) is 0 Å². The number of nitrogens with zero attached hydrogens (tertiary/aromatic N) is 4. The van der Waals surface area contributed by atoms with E-state index in [4.69, 9.17) is 0 Å². The van der Waals surface area contributed by atoms with Crippen LogP contribution in [0.25, 0.3) is 0 Å². The molecule has 0 atom stereocenters. The van der Waals surface area contributed by atoms with Crippen LogP contribution in [-0.2, 0) is 10.3 Å². The van der Waals surface area contributed by atoms with Gasteiger partial charge >= 0.3 is 0 Å². The maximum atomic E-state index is 10.4. The van der Waals surface area contributed by atoms with Gasteiger partial charge in [-0.25, -0.2) is 15.0 Å². The van der Waals surface area contributed by atoms with E-state index < -0.39 is 10.3 Å². The minimum Gasteiger partial charge on any atom is -0.242 e. The van der Waals surface area contributed by atoms with Crippen LogP contribution in [0, 0.1) is 0 Å². The molecule has 12 heavy (non-hydrogen) atoms. The zero-order valence-electron chi connectivity index (χ0n) is 5.67. The molecule has 2 rings (SSSR count). The van der Waals surface area contributed by atoms with E-state index in [1.54, 1.807) is 0 Å². The Hall–Kier alpha value is -1.63. The average Bonchev–Trinajstić information content (AvgIpc) is 2.46. The fourth-order valence-electron chi connectivity index (χ4n) is 0.774. The van der Waals surface area contributed by atoms with Crippen LogP contribution >= 0.6 is 0 Å². The van der Waals surface area contributed by atoms with E-state index in [1.165, 1.54) is 12.5 Å². The number of hydrogen-bond donors (Lipinski definition) is 0. The molecule has 0 aromatic carbocycles.